The van der Waals surface area contributed by atoms with E-state index in [0.717, 1.165) is 0 Å². The maximum atomic E-state index is 11.2. The van der Waals surface area contributed by atoms with Gasteiger partial charge in [0, 0.05) is 55.8 Å². The standard InChI is InChI=1S/C44H34N4O8/c49-29-5-1-6-30(50)41(29)37-21-13-15-23(45-21)38(42-31(51)7-2-8-32(42)52)25-17-19-27(47-25)40(44-35(55)11-4-12-36(44)56)28-20-18-26(48-28)39(24-16-14-22(37)46-24)43-33(53)9-3-10-34(43)54/h1-21,26,45-56H/b37-22+,38-23+,39-24+,40-28+. The number of aromatic hydroxyl groups is 8. The molecule has 5 heterocycles. The highest BCUT2D eigenvalue weighted by Gasteiger charge is 2.32. The molecule has 0 saturated carbocycles. The molecule has 0 fully saturated rings. The zero-order valence-corrected chi connectivity index (χ0v) is 29.3. The number of H-pyrrole nitrogens is 2. The largest absolute Gasteiger partial charge is 0.507 e. The molecule has 0 aliphatic carbocycles. The molecular formula is C44H34N4O8. The van der Waals surface area contributed by atoms with Gasteiger partial charge < -0.3 is 61.5 Å². The molecule has 56 heavy (non-hydrogen) atoms. The third-order valence-electron chi connectivity index (χ3n) is 10.3. The van der Waals surface area contributed by atoms with Gasteiger partial charge in [0.05, 0.1) is 34.3 Å². The van der Waals surface area contributed by atoms with Gasteiger partial charge in [-0.3, -0.25) is 0 Å². The van der Waals surface area contributed by atoms with E-state index in [-0.39, 0.29) is 68.2 Å². The quantitative estimate of drug-likeness (QED) is 0.120. The van der Waals surface area contributed by atoms with Crippen molar-refractivity contribution in [3.05, 3.63) is 177 Å². The molecule has 3 aliphatic rings. The monoisotopic (exact) mass is 746 g/mol. The van der Waals surface area contributed by atoms with Gasteiger partial charge in [0.2, 0.25) is 0 Å². The van der Waals surface area contributed by atoms with Crippen LogP contribution in [-0.4, -0.2) is 62.9 Å². The van der Waals surface area contributed by atoms with Crippen molar-refractivity contribution in [2.45, 2.75) is 12.1 Å². The molecule has 12 nitrogen and oxygen atoms in total. The van der Waals surface area contributed by atoms with Crippen molar-refractivity contribution in [3.63, 3.8) is 0 Å². The van der Waals surface area contributed by atoms with Crippen LogP contribution < -0.4 is 21.3 Å². The molecule has 4 aromatic carbocycles. The molecule has 2 aromatic heterocycles. The van der Waals surface area contributed by atoms with Crippen LogP contribution in [0.25, 0.3) is 22.3 Å². The molecule has 12 N–H and O–H groups in total. The van der Waals surface area contributed by atoms with Gasteiger partial charge in [-0.1, -0.05) is 36.4 Å². The van der Waals surface area contributed by atoms with Gasteiger partial charge in [-0.2, -0.15) is 0 Å². The Kier molecular flexibility index (Phi) is 7.83. The van der Waals surface area contributed by atoms with E-state index in [4.69, 9.17) is 0 Å². The molecule has 0 spiro atoms. The van der Waals surface area contributed by atoms with Crippen LogP contribution in [0.1, 0.15) is 33.6 Å². The first kappa shape index (κ1) is 33.9. The number of nitrogens with one attached hydrogen (secondary N) is 4. The van der Waals surface area contributed by atoms with Gasteiger partial charge in [0.15, 0.2) is 0 Å². The topological polar surface area (TPSA) is 217 Å². The van der Waals surface area contributed by atoms with Gasteiger partial charge in [0.25, 0.3) is 0 Å². The Labute approximate surface area is 318 Å². The van der Waals surface area contributed by atoms with E-state index in [0.29, 0.717) is 55.8 Å². The summed E-state index contributed by atoms with van der Waals surface area (Å²) < 4.78 is 0. The molecule has 2 atom stereocenters. The van der Waals surface area contributed by atoms with Crippen LogP contribution in [0.2, 0.25) is 0 Å². The fourth-order valence-electron chi connectivity index (χ4n) is 7.88. The summed E-state index contributed by atoms with van der Waals surface area (Å²) in [5.74, 6) is -1.58. The number of rotatable bonds is 4. The summed E-state index contributed by atoms with van der Waals surface area (Å²) in [6.45, 7) is 0. The third-order valence-corrected chi connectivity index (χ3v) is 10.3. The predicted molar refractivity (Wildman–Crippen MR) is 209 cm³/mol. The van der Waals surface area contributed by atoms with Crippen molar-refractivity contribution in [1.82, 2.24) is 20.6 Å². The van der Waals surface area contributed by atoms with Crippen LogP contribution in [0.15, 0.2) is 133 Å². The van der Waals surface area contributed by atoms with Gasteiger partial charge in [-0.25, -0.2) is 0 Å². The Morgan fingerprint density at radius 2 is 0.679 bits per heavy atom. The lowest BCUT2D eigenvalue weighted by molar-refractivity contribution is 0.445. The second-order valence-electron chi connectivity index (χ2n) is 13.6. The van der Waals surface area contributed by atoms with Gasteiger partial charge in [-0.15, -0.1) is 0 Å². The lowest BCUT2D eigenvalue weighted by Crippen LogP contribution is -2.32. The number of allylic oxidation sites excluding steroid dienone is 2. The maximum Gasteiger partial charge on any atom is 0.127 e. The first-order valence-corrected chi connectivity index (χ1v) is 17.7. The van der Waals surface area contributed by atoms with Gasteiger partial charge >= 0.3 is 0 Å². The third kappa shape index (κ3) is 5.38. The highest BCUT2D eigenvalue weighted by Crippen LogP contribution is 2.45. The summed E-state index contributed by atoms with van der Waals surface area (Å²) in [4.78, 5) is 6.83. The molecule has 12 heteroatoms. The molecule has 9 rings (SSSR count). The van der Waals surface area contributed by atoms with Crippen LogP contribution in [-0.2, 0) is 0 Å². The van der Waals surface area contributed by atoms with E-state index in [1.807, 2.05) is 12.2 Å². The fraction of sp³-hybridized carbons (Fsp3) is 0.0455. The minimum Gasteiger partial charge on any atom is -0.507 e. The van der Waals surface area contributed by atoms with E-state index in [1.165, 1.54) is 72.8 Å². The first-order valence-electron chi connectivity index (χ1n) is 17.7. The summed E-state index contributed by atoms with van der Waals surface area (Å²) in [6, 6.07) is 23.3. The molecule has 0 radical (unpaired) electrons. The second-order valence-corrected chi connectivity index (χ2v) is 13.6. The summed E-state index contributed by atoms with van der Waals surface area (Å²) in [5.41, 5.74) is 3.91. The highest BCUT2D eigenvalue weighted by atomic mass is 16.3. The molecule has 8 bridgehead atoms. The first-order chi connectivity index (χ1) is 27.1. The molecular weight excluding hydrogens is 713 g/mol. The highest BCUT2D eigenvalue weighted by molar-refractivity contribution is 5.93. The minimum atomic E-state index is -0.715. The van der Waals surface area contributed by atoms with Crippen LogP contribution >= 0.6 is 0 Å². The molecule has 278 valence electrons. The Morgan fingerprint density at radius 1 is 0.357 bits per heavy atom. The minimum absolute atomic E-state index is 0.115. The summed E-state index contributed by atoms with van der Waals surface area (Å²) in [5, 5.41) is 97.7. The number of phenols is 8. The molecule has 0 saturated heterocycles. The molecule has 6 aromatic rings. The van der Waals surface area contributed by atoms with Crippen molar-refractivity contribution in [2.75, 3.05) is 0 Å². The normalized spacial score (nSPS) is 21.9. The lowest BCUT2D eigenvalue weighted by atomic mass is 9.96. The number of fused-ring (bicyclic) bond motifs is 8. The summed E-state index contributed by atoms with van der Waals surface area (Å²) in [6.07, 6.45) is 7.16. The molecule has 2 unspecified atom stereocenters. The van der Waals surface area contributed by atoms with E-state index in [9.17, 15) is 40.9 Å². The number of phenolic OH excluding ortho intramolecular Hbond substituents is 8. The van der Waals surface area contributed by atoms with Crippen molar-refractivity contribution >= 4 is 22.3 Å². The average Bonchev–Trinajstić information content (AvgIpc) is 4.00. The Balaban J connectivity index is 1.42. The Morgan fingerprint density at radius 3 is 1.02 bits per heavy atom. The molecule has 0 amide bonds. The molecule has 3 aliphatic heterocycles. The SMILES string of the molecule is Oc1cccc(O)c1/C1=C2\C=CC(N2)/C(c2c(O)cccc2O)=c2/cc/c([nH]2)=C(\c2c(O)cccc2O)C2C=C/C(=C(\c3c(O)cccc3O)c3ccc1[nH]3)N2. The van der Waals surface area contributed by atoms with Crippen molar-refractivity contribution in [2.24, 2.45) is 0 Å². The summed E-state index contributed by atoms with van der Waals surface area (Å²) >= 11 is 0. The van der Waals surface area contributed by atoms with Gasteiger partial charge in [-0.05, 0) is 84.9 Å². The zero-order chi connectivity index (χ0) is 38.8. The predicted octanol–water partition coefficient (Wildman–Crippen LogP) is 4.67. The zero-order valence-electron chi connectivity index (χ0n) is 29.3. The lowest BCUT2D eigenvalue weighted by Gasteiger charge is -2.21. The van der Waals surface area contributed by atoms with E-state index < -0.39 is 12.1 Å². The van der Waals surface area contributed by atoms with Crippen LogP contribution in [0.5, 0.6) is 46.0 Å². The van der Waals surface area contributed by atoms with Crippen LogP contribution in [0.4, 0.5) is 0 Å². The van der Waals surface area contributed by atoms with Crippen molar-refractivity contribution < 1.29 is 40.9 Å². The Bertz CT molecular complexity index is 2610. The summed E-state index contributed by atoms with van der Waals surface area (Å²) in [7, 11) is 0. The number of aromatic nitrogens is 2. The van der Waals surface area contributed by atoms with Crippen molar-refractivity contribution in [1.29, 1.82) is 0 Å². The van der Waals surface area contributed by atoms with E-state index >= 15 is 0 Å². The van der Waals surface area contributed by atoms with Gasteiger partial charge in [0.1, 0.15) is 46.0 Å². The second kappa shape index (κ2) is 12.9. The van der Waals surface area contributed by atoms with Crippen LogP contribution in [0.3, 0.4) is 0 Å². The van der Waals surface area contributed by atoms with Crippen molar-refractivity contribution in [3.8, 4) is 46.0 Å². The van der Waals surface area contributed by atoms with E-state index in [1.54, 1.807) is 36.4 Å². The number of benzene rings is 4. The number of hydrogen-bond donors (Lipinski definition) is 12. The smallest absolute Gasteiger partial charge is 0.127 e. The number of hydrogen-bond acceptors (Lipinski definition) is 10. The van der Waals surface area contributed by atoms with Crippen LogP contribution in [0, 0.1) is 0 Å². The average molecular weight is 747 g/mol. The Hall–Kier alpha value is -7.86. The maximum absolute atomic E-state index is 11.2. The van der Waals surface area contributed by atoms with E-state index in [2.05, 4.69) is 20.6 Å². The number of aromatic amines is 2. The fourth-order valence-corrected chi connectivity index (χ4v) is 7.88.